The summed E-state index contributed by atoms with van der Waals surface area (Å²) < 4.78 is 2.52. The van der Waals surface area contributed by atoms with Crippen molar-refractivity contribution in [2.24, 2.45) is 0 Å². The second-order valence-electron chi connectivity index (χ2n) is 4.89. The van der Waals surface area contributed by atoms with Crippen molar-refractivity contribution in [3.8, 4) is 0 Å². The van der Waals surface area contributed by atoms with Crippen molar-refractivity contribution in [2.45, 2.75) is 33.4 Å². The van der Waals surface area contributed by atoms with E-state index in [9.17, 15) is 0 Å². The van der Waals surface area contributed by atoms with Crippen molar-refractivity contribution >= 4 is 10.9 Å². The van der Waals surface area contributed by atoms with E-state index in [1.807, 2.05) is 0 Å². The number of fused-ring (bicyclic) bond motifs is 3. The molecule has 1 aliphatic heterocycles. The van der Waals surface area contributed by atoms with Crippen LogP contribution >= 0.6 is 0 Å². The molecule has 0 aliphatic carbocycles. The van der Waals surface area contributed by atoms with E-state index in [0.717, 1.165) is 13.1 Å². The molecule has 2 aromatic rings. The molecule has 0 bridgehead atoms. The van der Waals surface area contributed by atoms with Crippen LogP contribution in [0.1, 0.15) is 29.8 Å². The van der Waals surface area contributed by atoms with E-state index in [2.05, 4.69) is 48.9 Å². The van der Waals surface area contributed by atoms with Crippen LogP contribution in [0.25, 0.3) is 10.9 Å². The molecule has 1 aromatic carbocycles. The zero-order chi connectivity index (χ0) is 11.3. The smallest absolute Gasteiger partial charge is 0.0518 e. The summed E-state index contributed by atoms with van der Waals surface area (Å²) in [6.45, 7) is 8.83. The first-order valence-corrected chi connectivity index (χ1v) is 6.00. The van der Waals surface area contributed by atoms with E-state index in [1.54, 1.807) is 0 Å². The number of nitrogens with zero attached hydrogens (tertiary/aromatic N) is 1. The number of hydrogen-bond donors (Lipinski definition) is 1. The SMILES string of the molecule is Cc1c2n(c3c(C)cccc13)[C@H](C)CNC2. The summed E-state index contributed by atoms with van der Waals surface area (Å²) in [6.07, 6.45) is 0. The van der Waals surface area contributed by atoms with E-state index in [0.29, 0.717) is 6.04 Å². The minimum Gasteiger partial charge on any atom is -0.339 e. The summed E-state index contributed by atoms with van der Waals surface area (Å²) in [6, 6.07) is 7.18. The second-order valence-corrected chi connectivity index (χ2v) is 4.89. The summed E-state index contributed by atoms with van der Waals surface area (Å²) in [5.74, 6) is 0. The molecular weight excluding hydrogens is 196 g/mol. The van der Waals surface area contributed by atoms with E-state index >= 15 is 0 Å². The van der Waals surface area contributed by atoms with Crippen molar-refractivity contribution in [3.63, 3.8) is 0 Å². The van der Waals surface area contributed by atoms with Crippen molar-refractivity contribution < 1.29 is 0 Å². The van der Waals surface area contributed by atoms with Crippen LogP contribution in [0.4, 0.5) is 0 Å². The highest BCUT2D eigenvalue weighted by molar-refractivity contribution is 5.88. The number of para-hydroxylation sites is 1. The highest BCUT2D eigenvalue weighted by Crippen LogP contribution is 2.32. The molecule has 2 nitrogen and oxygen atoms in total. The van der Waals surface area contributed by atoms with Crippen LogP contribution in [0, 0.1) is 13.8 Å². The third-order valence-corrected chi connectivity index (χ3v) is 3.78. The Morgan fingerprint density at radius 2 is 2.12 bits per heavy atom. The number of hydrogen-bond acceptors (Lipinski definition) is 1. The number of aryl methyl sites for hydroxylation is 2. The van der Waals surface area contributed by atoms with Gasteiger partial charge in [0.1, 0.15) is 0 Å². The average Bonchev–Trinajstić information content (AvgIpc) is 2.56. The molecule has 0 fully saturated rings. The first kappa shape index (κ1) is 9.91. The Morgan fingerprint density at radius 3 is 2.94 bits per heavy atom. The molecule has 1 N–H and O–H groups in total. The van der Waals surface area contributed by atoms with Gasteiger partial charge in [-0.05, 0) is 31.9 Å². The van der Waals surface area contributed by atoms with E-state index < -0.39 is 0 Å². The summed E-state index contributed by atoms with van der Waals surface area (Å²) >= 11 is 0. The van der Waals surface area contributed by atoms with E-state index in [4.69, 9.17) is 0 Å². The Bertz CT molecular complexity index is 551. The van der Waals surface area contributed by atoms with Gasteiger partial charge in [-0.2, -0.15) is 0 Å². The predicted octanol–water partition coefficient (Wildman–Crippen LogP) is 2.92. The first-order valence-electron chi connectivity index (χ1n) is 6.00. The van der Waals surface area contributed by atoms with Crippen LogP contribution in [0.5, 0.6) is 0 Å². The molecule has 0 spiro atoms. The van der Waals surface area contributed by atoms with Crippen molar-refractivity contribution in [3.05, 3.63) is 35.0 Å². The fraction of sp³-hybridized carbons (Fsp3) is 0.429. The van der Waals surface area contributed by atoms with Gasteiger partial charge < -0.3 is 9.88 Å². The van der Waals surface area contributed by atoms with Crippen molar-refractivity contribution in [1.82, 2.24) is 9.88 Å². The number of rotatable bonds is 0. The van der Waals surface area contributed by atoms with Gasteiger partial charge >= 0.3 is 0 Å². The zero-order valence-corrected chi connectivity index (χ0v) is 10.2. The minimum atomic E-state index is 0.557. The maximum Gasteiger partial charge on any atom is 0.0518 e. The number of nitrogens with one attached hydrogen (secondary N) is 1. The van der Waals surface area contributed by atoms with Gasteiger partial charge in [-0.3, -0.25) is 0 Å². The molecule has 2 heterocycles. The second kappa shape index (κ2) is 3.36. The Labute approximate surface area is 96.3 Å². The Hall–Kier alpha value is -1.28. The van der Waals surface area contributed by atoms with Crippen LogP contribution in [-0.4, -0.2) is 11.1 Å². The molecule has 3 rings (SSSR count). The van der Waals surface area contributed by atoms with Gasteiger partial charge in [-0.1, -0.05) is 18.2 Å². The summed E-state index contributed by atoms with van der Waals surface area (Å²) in [7, 11) is 0. The zero-order valence-electron chi connectivity index (χ0n) is 10.2. The maximum absolute atomic E-state index is 3.49. The molecule has 2 heteroatoms. The maximum atomic E-state index is 3.49. The van der Waals surface area contributed by atoms with Gasteiger partial charge in [-0.15, -0.1) is 0 Å². The highest BCUT2D eigenvalue weighted by Gasteiger charge is 2.21. The van der Waals surface area contributed by atoms with Gasteiger partial charge in [0.2, 0.25) is 0 Å². The van der Waals surface area contributed by atoms with Crippen LogP contribution in [0.2, 0.25) is 0 Å². The lowest BCUT2D eigenvalue weighted by Crippen LogP contribution is -2.31. The Kier molecular flexibility index (Phi) is 2.08. The van der Waals surface area contributed by atoms with E-state index in [-0.39, 0.29) is 0 Å². The average molecular weight is 214 g/mol. The molecule has 0 saturated carbocycles. The lowest BCUT2D eigenvalue weighted by Gasteiger charge is -2.25. The third-order valence-electron chi connectivity index (χ3n) is 3.78. The Balaban J connectivity index is 2.45. The molecule has 1 aromatic heterocycles. The predicted molar refractivity (Wildman–Crippen MR) is 67.8 cm³/mol. The molecular formula is C14H18N2. The molecule has 0 radical (unpaired) electrons. The fourth-order valence-electron chi connectivity index (χ4n) is 2.95. The molecule has 0 saturated heterocycles. The molecule has 16 heavy (non-hydrogen) atoms. The summed E-state index contributed by atoms with van der Waals surface area (Å²) in [5, 5.41) is 4.91. The third kappa shape index (κ3) is 1.17. The van der Waals surface area contributed by atoms with Gasteiger partial charge in [0.15, 0.2) is 0 Å². The number of aromatic nitrogens is 1. The fourth-order valence-corrected chi connectivity index (χ4v) is 2.95. The topological polar surface area (TPSA) is 17.0 Å². The lowest BCUT2D eigenvalue weighted by molar-refractivity contribution is 0.437. The lowest BCUT2D eigenvalue weighted by atomic mass is 10.1. The van der Waals surface area contributed by atoms with Gasteiger partial charge in [0.05, 0.1) is 5.52 Å². The summed E-state index contributed by atoms with van der Waals surface area (Å²) in [4.78, 5) is 0. The molecule has 84 valence electrons. The van der Waals surface area contributed by atoms with Gasteiger partial charge in [-0.25, -0.2) is 0 Å². The monoisotopic (exact) mass is 214 g/mol. The van der Waals surface area contributed by atoms with Crippen LogP contribution in [0.3, 0.4) is 0 Å². The Morgan fingerprint density at radius 1 is 1.31 bits per heavy atom. The van der Waals surface area contributed by atoms with Crippen LogP contribution < -0.4 is 5.32 Å². The number of benzene rings is 1. The summed E-state index contributed by atoms with van der Waals surface area (Å²) in [5.41, 5.74) is 5.73. The van der Waals surface area contributed by atoms with Gasteiger partial charge in [0, 0.05) is 30.2 Å². The van der Waals surface area contributed by atoms with Crippen molar-refractivity contribution in [1.29, 1.82) is 0 Å². The normalized spacial score (nSPS) is 20.1. The van der Waals surface area contributed by atoms with Gasteiger partial charge in [0.25, 0.3) is 0 Å². The molecule has 1 aliphatic rings. The van der Waals surface area contributed by atoms with E-state index in [1.165, 1.54) is 27.7 Å². The molecule has 0 amide bonds. The first-order chi connectivity index (χ1) is 7.70. The highest BCUT2D eigenvalue weighted by atomic mass is 15.1. The molecule has 0 unspecified atom stereocenters. The van der Waals surface area contributed by atoms with Crippen LogP contribution in [0.15, 0.2) is 18.2 Å². The van der Waals surface area contributed by atoms with Crippen molar-refractivity contribution in [2.75, 3.05) is 6.54 Å². The molecule has 1 atom stereocenters. The quantitative estimate of drug-likeness (QED) is 0.713. The van der Waals surface area contributed by atoms with Crippen LogP contribution in [-0.2, 0) is 6.54 Å². The minimum absolute atomic E-state index is 0.557. The largest absolute Gasteiger partial charge is 0.339 e. The standard InChI is InChI=1S/C14H18N2/c1-9-5-4-6-12-11(3)13-8-15-7-10(2)16(13)14(9)12/h4-6,10,15H,7-8H2,1-3H3/t10-/m1/s1.